The van der Waals surface area contributed by atoms with Gasteiger partial charge in [-0.3, -0.25) is 9.59 Å². The summed E-state index contributed by atoms with van der Waals surface area (Å²) in [5.41, 5.74) is 6.73. The number of nitrogens with one attached hydrogen (secondary N) is 1. The molecule has 0 saturated carbocycles. The number of ether oxygens (including phenoxy) is 1. The first kappa shape index (κ1) is 18.6. The number of methoxy groups -OCH3 is 1. The second-order valence-electron chi connectivity index (χ2n) is 4.92. The lowest BCUT2D eigenvalue weighted by atomic mass is 10.1. The number of nitrogens with zero attached hydrogens (tertiary/aromatic N) is 1. The zero-order valence-electron chi connectivity index (χ0n) is 13.3. The SMILES string of the molecule is C=CCN(CC=C)C(=O)c1ccc(NC(=O)C(N)COC)cc1. The summed E-state index contributed by atoms with van der Waals surface area (Å²) in [7, 11) is 1.48. The maximum Gasteiger partial charge on any atom is 0.254 e. The summed E-state index contributed by atoms with van der Waals surface area (Å²) in [5.74, 6) is -0.468. The molecule has 0 saturated heterocycles. The van der Waals surface area contributed by atoms with Crippen molar-refractivity contribution in [1.82, 2.24) is 4.90 Å². The summed E-state index contributed by atoms with van der Waals surface area (Å²) in [6, 6.07) is 5.88. The Morgan fingerprint density at radius 1 is 1.26 bits per heavy atom. The molecule has 0 aliphatic carbocycles. The van der Waals surface area contributed by atoms with Crippen LogP contribution in [0.5, 0.6) is 0 Å². The zero-order valence-corrected chi connectivity index (χ0v) is 13.3. The maximum absolute atomic E-state index is 12.4. The van der Waals surface area contributed by atoms with Gasteiger partial charge in [0, 0.05) is 31.5 Å². The third-order valence-corrected chi connectivity index (χ3v) is 3.07. The number of rotatable bonds is 9. The van der Waals surface area contributed by atoms with Gasteiger partial charge < -0.3 is 20.7 Å². The average molecular weight is 317 g/mol. The predicted octanol–water partition coefficient (Wildman–Crippen LogP) is 1.41. The molecule has 0 heterocycles. The third-order valence-electron chi connectivity index (χ3n) is 3.07. The highest BCUT2D eigenvalue weighted by Crippen LogP contribution is 2.12. The number of carbonyl (C=O) groups is 2. The van der Waals surface area contributed by atoms with Crippen molar-refractivity contribution in [2.75, 3.05) is 32.1 Å². The number of amides is 2. The van der Waals surface area contributed by atoms with Crippen LogP contribution in [0.15, 0.2) is 49.6 Å². The van der Waals surface area contributed by atoms with Crippen LogP contribution in [-0.2, 0) is 9.53 Å². The molecule has 23 heavy (non-hydrogen) atoms. The van der Waals surface area contributed by atoms with E-state index in [4.69, 9.17) is 10.5 Å². The van der Waals surface area contributed by atoms with Crippen LogP contribution in [0.2, 0.25) is 0 Å². The molecule has 1 rings (SSSR count). The first-order valence-corrected chi connectivity index (χ1v) is 7.20. The van der Waals surface area contributed by atoms with Crippen LogP contribution >= 0.6 is 0 Å². The Hall–Kier alpha value is -2.44. The first-order chi connectivity index (χ1) is 11.0. The molecule has 2 amide bonds. The normalized spacial score (nSPS) is 11.4. The van der Waals surface area contributed by atoms with E-state index in [1.165, 1.54) is 7.11 Å². The number of anilines is 1. The predicted molar refractivity (Wildman–Crippen MR) is 91.2 cm³/mol. The van der Waals surface area contributed by atoms with Gasteiger partial charge >= 0.3 is 0 Å². The lowest BCUT2D eigenvalue weighted by Gasteiger charge is -2.19. The van der Waals surface area contributed by atoms with Crippen molar-refractivity contribution < 1.29 is 14.3 Å². The van der Waals surface area contributed by atoms with E-state index in [2.05, 4.69) is 18.5 Å². The molecule has 6 nitrogen and oxygen atoms in total. The van der Waals surface area contributed by atoms with Gasteiger partial charge in [-0.25, -0.2) is 0 Å². The molecule has 1 atom stereocenters. The summed E-state index contributed by atoms with van der Waals surface area (Å²) in [5, 5.41) is 2.67. The summed E-state index contributed by atoms with van der Waals surface area (Å²) in [6.45, 7) is 8.30. The molecule has 0 bridgehead atoms. The van der Waals surface area contributed by atoms with Gasteiger partial charge in [-0.15, -0.1) is 13.2 Å². The van der Waals surface area contributed by atoms with Crippen molar-refractivity contribution in [3.8, 4) is 0 Å². The minimum absolute atomic E-state index is 0.126. The zero-order chi connectivity index (χ0) is 17.2. The topological polar surface area (TPSA) is 84.7 Å². The van der Waals surface area contributed by atoms with Crippen LogP contribution < -0.4 is 11.1 Å². The van der Waals surface area contributed by atoms with Crippen molar-refractivity contribution in [3.63, 3.8) is 0 Å². The molecular formula is C17H23N3O3. The lowest BCUT2D eigenvalue weighted by molar-refractivity contribution is -0.118. The molecule has 1 unspecified atom stereocenters. The van der Waals surface area contributed by atoms with Crippen LogP contribution in [0.1, 0.15) is 10.4 Å². The molecule has 1 aromatic carbocycles. The summed E-state index contributed by atoms with van der Waals surface area (Å²) < 4.78 is 4.83. The van der Waals surface area contributed by atoms with E-state index >= 15 is 0 Å². The fourth-order valence-electron chi connectivity index (χ4n) is 1.92. The Kier molecular flexibility index (Phi) is 7.73. The van der Waals surface area contributed by atoms with Crippen molar-refractivity contribution in [2.24, 2.45) is 5.73 Å². The quantitative estimate of drug-likeness (QED) is 0.675. The smallest absolute Gasteiger partial charge is 0.254 e. The molecule has 0 aliphatic rings. The van der Waals surface area contributed by atoms with Gasteiger partial charge in [0.15, 0.2) is 0 Å². The Morgan fingerprint density at radius 3 is 2.30 bits per heavy atom. The van der Waals surface area contributed by atoms with Gasteiger partial charge in [-0.2, -0.15) is 0 Å². The fourth-order valence-corrected chi connectivity index (χ4v) is 1.92. The van der Waals surface area contributed by atoms with Gasteiger partial charge in [-0.1, -0.05) is 12.2 Å². The molecule has 0 spiro atoms. The highest BCUT2D eigenvalue weighted by molar-refractivity contribution is 5.97. The molecule has 0 radical (unpaired) electrons. The minimum atomic E-state index is -0.739. The van der Waals surface area contributed by atoms with Crippen molar-refractivity contribution >= 4 is 17.5 Å². The van der Waals surface area contributed by atoms with E-state index in [0.717, 1.165) is 0 Å². The van der Waals surface area contributed by atoms with Crippen molar-refractivity contribution in [1.29, 1.82) is 0 Å². The first-order valence-electron chi connectivity index (χ1n) is 7.20. The lowest BCUT2D eigenvalue weighted by Crippen LogP contribution is -2.39. The Labute approximate surface area is 136 Å². The van der Waals surface area contributed by atoms with Gasteiger partial charge in [0.2, 0.25) is 5.91 Å². The van der Waals surface area contributed by atoms with Gasteiger partial charge in [0.05, 0.1) is 6.61 Å². The minimum Gasteiger partial charge on any atom is -0.383 e. The molecule has 0 fully saturated rings. The van der Waals surface area contributed by atoms with Gasteiger partial charge in [-0.05, 0) is 24.3 Å². The molecule has 0 aromatic heterocycles. The average Bonchev–Trinajstić information content (AvgIpc) is 2.55. The van der Waals surface area contributed by atoms with Crippen molar-refractivity contribution in [2.45, 2.75) is 6.04 Å². The monoisotopic (exact) mass is 317 g/mol. The Balaban J connectivity index is 2.75. The van der Waals surface area contributed by atoms with Crippen LogP contribution in [0, 0.1) is 0 Å². The number of carbonyl (C=O) groups excluding carboxylic acids is 2. The number of nitrogens with two attached hydrogens (primary N) is 1. The highest BCUT2D eigenvalue weighted by atomic mass is 16.5. The molecule has 1 aromatic rings. The number of hydrogen-bond donors (Lipinski definition) is 2. The largest absolute Gasteiger partial charge is 0.383 e. The van der Waals surface area contributed by atoms with E-state index in [-0.39, 0.29) is 18.4 Å². The summed E-state index contributed by atoms with van der Waals surface area (Å²) in [4.78, 5) is 25.8. The third kappa shape index (κ3) is 5.69. The maximum atomic E-state index is 12.4. The standard InChI is InChI=1S/C17H23N3O3/c1-4-10-20(11-5-2)17(22)13-6-8-14(9-7-13)19-16(21)15(18)12-23-3/h4-9,15H,1-2,10-12,18H2,3H3,(H,19,21). The summed E-state index contributed by atoms with van der Waals surface area (Å²) in [6.07, 6.45) is 3.32. The van der Waals surface area contributed by atoms with Crippen LogP contribution in [0.3, 0.4) is 0 Å². The number of benzene rings is 1. The fraction of sp³-hybridized carbons (Fsp3) is 0.294. The van der Waals surface area contributed by atoms with E-state index in [1.54, 1.807) is 41.3 Å². The highest BCUT2D eigenvalue weighted by Gasteiger charge is 2.15. The van der Waals surface area contributed by atoms with Crippen LogP contribution in [0.4, 0.5) is 5.69 Å². The molecule has 3 N–H and O–H groups in total. The molecule has 6 heteroatoms. The molecule has 124 valence electrons. The van der Waals surface area contributed by atoms with Gasteiger partial charge in [0.25, 0.3) is 5.91 Å². The second kappa shape index (κ2) is 9.55. The van der Waals surface area contributed by atoms with E-state index in [9.17, 15) is 9.59 Å². The molecule has 0 aliphatic heterocycles. The van der Waals surface area contributed by atoms with E-state index < -0.39 is 6.04 Å². The van der Waals surface area contributed by atoms with Crippen LogP contribution in [0.25, 0.3) is 0 Å². The second-order valence-corrected chi connectivity index (χ2v) is 4.92. The van der Waals surface area contributed by atoms with Crippen LogP contribution in [-0.4, -0.2) is 49.6 Å². The van der Waals surface area contributed by atoms with Crippen molar-refractivity contribution in [3.05, 3.63) is 55.1 Å². The summed E-state index contributed by atoms with van der Waals surface area (Å²) >= 11 is 0. The molecular weight excluding hydrogens is 294 g/mol. The Bertz CT molecular complexity index is 545. The van der Waals surface area contributed by atoms with E-state index in [1.807, 2.05) is 0 Å². The number of hydrogen-bond acceptors (Lipinski definition) is 4. The van der Waals surface area contributed by atoms with Gasteiger partial charge in [0.1, 0.15) is 6.04 Å². The van der Waals surface area contributed by atoms with E-state index in [0.29, 0.717) is 24.3 Å². The Morgan fingerprint density at radius 2 is 1.83 bits per heavy atom.